The lowest BCUT2D eigenvalue weighted by Crippen LogP contribution is -2.46. The Hall–Kier alpha value is -2.55. The van der Waals surface area contributed by atoms with Gasteiger partial charge in [0.2, 0.25) is 5.91 Å². The number of hydrogen-bond acceptors (Lipinski definition) is 4. The van der Waals surface area contributed by atoms with Crippen LogP contribution in [0.5, 0.6) is 5.75 Å². The van der Waals surface area contributed by atoms with E-state index < -0.39 is 6.04 Å². The molecule has 6 nitrogen and oxygen atoms in total. The number of ether oxygens (including phenoxy) is 1. The smallest absolute Gasteiger partial charge is 0.258 e. The molecule has 2 N–H and O–H groups in total. The maximum atomic E-state index is 11.8. The molecule has 21 heavy (non-hydrogen) atoms. The van der Waals surface area contributed by atoms with Crippen molar-refractivity contribution in [1.82, 2.24) is 10.6 Å². The average molecular weight is 287 g/mol. The van der Waals surface area contributed by atoms with Gasteiger partial charge in [0.25, 0.3) is 5.91 Å². The van der Waals surface area contributed by atoms with Gasteiger partial charge in [-0.2, -0.15) is 5.26 Å². The Labute approximate surface area is 123 Å². The predicted octanol–water partition coefficient (Wildman–Crippen LogP) is 0.722. The van der Waals surface area contributed by atoms with Gasteiger partial charge in [0.1, 0.15) is 17.9 Å². The third-order valence-corrected chi connectivity index (χ3v) is 3.24. The maximum Gasteiger partial charge on any atom is 0.258 e. The zero-order chi connectivity index (χ0) is 15.1. The third kappa shape index (κ3) is 4.21. The molecule has 2 amide bonds. The predicted molar refractivity (Wildman–Crippen MR) is 75.4 cm³/mol. The fraction of sp³-hybridized carbons (Fsp3) is 0.400. The van der Waals surface area contributed by atoms with Gasteiger partial charge < -0.3 is 15.4 Å². The minimum Gasteiger partial charge on any atom is -0.482 e. The molecule has 0 bridgehead atoms. The van der Waals surface area contributed by atoms with Crippen LogP contribution in [0.4, 0.5) is 0 Å². The maximum absolute atomic E-state index is 11.8. The second-order valence-corrected chi connectivity index (χ2v) is 4.80. The number of rotatable bonds is 4. The first-order valence-electron chi connectivity index (χ1n) is 6.89. The van der Waals surface area contributed by atoms with Gasteiger partial charge in [-0.25, -0.2) is 0 Å². The Bertz CT molecular complexity index is 566. The second-order valence-electron chi connectivity index (χ2n) is 4.80. The van der Waals surface area contributed by atoms with Crippen molar-refractivity contribution in [1.29, 1.82) is 5.26 Å². The number of nitrogens with zero attached hydrogens (tertiary/aromatic N) is 1. The molecule has 1 aromatic carbocycles. The van der Waals surface area contributed by atoms with E-state index in [1.54, 1.807) is 24.3 Å². The van der Waals surface area contributed by atoms with E-state index in [1.165, 1.54) is 0 Å². The Morgan fingerprint density at radius 1 is 1.43 bits per heavy atom. The summed E-state index contributed by atoms with van der Waals surface area (Å²) in [5, 5.41) is 14.3. The monoisotopic (exact) mass is 287 g/mol. The molecule has 1 aliphatic heterocycles. The van der Waals surface area contributed by atoms with Crippen molar-refractivity contribution in [3.63, 3.8) is 0 Å². The van der Waals surface area contributed by atoms with Crippen molar-refractivity contribution >= 4 is 11.8 Å². The van der Waals surface area contributed by atoms with Crippen LogP contribution in [0.3, 0.4) is 0 Å². The van der Waals surface area contributed by atoms with Crippen molar-refractivity contribution < 1.29 is 14.3 Å². The summed E-state index contributed by atoms with van der Waals surface area (Å²) in [6.07, 6.45) is 2.44. The molecule has 6 heteroatoms. The number of carbonyl (C=O) groups excluding carboxylic acids is 2. The largest absolute Gasteiger partial charge is 0.482 e. The quantitative estimate of drug-likeness (QED) is 0.853. The zero-order valence-corrected chi connectivity index (χ0v) is 11.6. The molecule has 110 valence electrons. The zero-order valence-electron chi connectivity index (χ0n) is 11.6. The first kappa shape index (κ1) is 14.9. The molecule has 1 aliphatic rings. The molecule has 0 aliphatic carbocycles. The standard InChI is InChI=1S/C15H17N3O3/c16-9-11-5-1-2-7-13(11)21-10-14(19)18-12-6-3-4-8-17-15(12)20/h1-2,5,7,12H,3-4,6,8,10H2,(H,17,20)(H,18,19). The Morgan fingerprint density at radius 3 is 3.05 bits per heavy atom. The minimum atomic E-state index is -0.505. The lowest BCUT2D eigenvalue weighted by Gasteiger charge is -2.15. The highest BCUT2D eigenvalue weighted by atomic mass is 16.5. The topological polar surface area (TPSA) is 91.2 Å². The molecular weight excluding hydrogens is 270 g/mol. The van der Waals surface area contributed by atoms with E-state index in [9.17, 15) is 9.59 Å². The molecule has 1 saturated heterocycles. The highest BCUT2D eigenvalue weighted by molar-refractivity contribution is 5.88. The van der Waals surface area contributed by atoms with Crippen molar-refractivity contribution in [3.8, 4) is 11.8 Å². The van der Waals surface area contributed by atoms with Crippen molar-refractivity contribution in [2.24, 2.45) is 0 Å². The van der Waals surface area contributed by atoms with Crippen LogP contribution in [0.25, 0.3) is 0 Å². The number of para-hydroxylation sites is 1. The fourth-order valence-electron chi connectivity index (χ4n) is 2.14. The first-order valence-corrected chi connectivity index (χ1v) is 6.89. The van der Waals surface area contributed by atoms with E-state index in [0.29, 0.717) is 24.3 Å². The van der Waals surface area contributed by atoms with E-state index in [0.717, 1.165) is 12.8 Å². The molecule has 0 radical (unpaired) electrons. The van der Waals surface area contributed by atoms with Crippen molar-refractivity contribution in [2.45, 2.75) is 25.3 Å². The van der Waals surface area contributed by atoms with E-state index in [1.807, 2.05) is 6.07 Å². The van der Waals surface area contributed by atoms with E-state index in [2.05, 4.69) is 10.6 Å². The van der Waals surface area contributed by atoms with Crippen LogP contribution in [-0.2, 0) is 9.59 Å². The molecule has 2 rings (SSSR count). The Balaban J connectivity index is 1.87. The number of amides is 2. The number of nitrogens with one attached hydrogen (secondary N) is 2. The number of hydrogen-bond donors (Lipinski definition) is 2. The van der Waals surface area contributed by atoms with Gasteiger partial charge in [-0.15, -0.1) is 0 Å². The van der Waals surface area contributed by atoms with Crippen LogP contribution in [0.2, 0.25) is 0 Å². The van der Waals surface area contributed by atoms with Crippen molar-refractivity contribution in [2.75, 3.05) is 13.2 Å². The minimum absolute atomic E-state index is 0.154. The molecule has 1 heterocycles. The summed E-state index contributed by atoms with van der Waals surface area (Å²) in [5.74, 6) is -0.163. The SMILES string of the molecule is N#Cc1ccccc1OCC(=O)NC1CCCCNC1=O. The molecular formula is C15H17N3O3. The second kappa shape index (κ2) is 7.29. The van der Waals surface area contributed by atoms with E-state index in [4.69, 9.17) is 10.00 Å². The fourth-order valence-corrected chi connectivity index (χ4v) is 2.14. The van der Waals surface area contributed by atoms with Crippen LogP contribution >= 0.6 is 0 Å². The Kier molecular flexibility index (Phi) is 5.16. The molecule has 1 fully saturated rings. The summed E-state index contributed by atoms with van der Waals surface area (Å²) in [7, 11) is 0. The average Bonchev–Trinajstić information content (AvgIpc) is 2.70. The lowest BCUT2D eigenvalue weighted by atomic mass is 10.1. The van der Waals surface area contributed by atoms with Gasteiger partial charge in [0.05, 0.1) is 5.56 Å². The van der Waals surface area contributed by atoms with Crippen LogP contribution in [0.1, 0.15) is 24.8 Å². The molecule has 0 saturated carbocycles. The summed E-state index contributed by atoms with van der Waals surface area (Å²) in [6.45, 7) is 0.430. The van der Waals surface area contributed by atoms with Gasteiger partial charge in [-0.05, 0) is 31.4 Å². The molecule has 1 unspecified atom stereocenters. The summed E-state index contributed by atoms with van der Waals surface area (Å²) >= 11 is 0. The summed E-state index contributed by atoms with van der Waals surface area (Å²) in [4.78, 5) is 23.6. The summed E-state index contributed by atoms with van der Waals surface area (Å²) in [5.41, 5.74) is 0.373. The highest BCUT2D eigenvalue weighted by Gasteiger charge is 2.22. The number of benzene rings is 1. The third-order valence-electron chi connectivity index (χ3n) is 3.24. The number of carbonyl (C=O) groups is 2. The van der Waals surface area contributed by atoms with Gasteiger partial charge >= 0.3 is 0 Å². The van der Waals surface area contributed by atoms with Gasteiger partial charge in [0.15, 0.2) is 6.61 Å². The molecule has 0 spiro atoms. The molecule has 1 atom stereocenters. The molecule has 1 aromatic rings. The van der Waals surface area contributed by atoms with E-state index in [-0.39, 0.29) is 18.4 Å². The Morgan fingerprint density at radius 2 is 2.24 bits per heavy atom. The molecule has 0 aromatic heterocycles. The normalized spacial score (nSPS) is 18.0. The van der Waals surface area contributed by atoms with Gasteiger partial charge in [0, 0.05) is 6.54 Å². The first-order chi connectivity index (χ1) is 10.2. The van der Waals surface area contributed by atoms with Gasteiger partial charge in [-0.3, -0.25) is 9.59 Å². The van der Waals surface area contributed by atoms with Crippen LogP contribution in [-0.4, -0.2) is 31.0 Å². The van der Waals surface area contributed by atoms with Gasteiger partial charge in [-0.1, -0.05) is 12.1 Å². The summed E-state index contributed by atoms with van der Waals surface area (Å²) in [6, 6.07) is 8.19. The summed E-state index contributed by atoms with van der Waals surface area (Å²) < 4.78 is 5.33. The lowest BCUT2D eigenvalue weighted by molar-refractivity contribution is -0.129. The van der Waals surface area contributed by atoms with Crippen LogP contribution < -0.4 is 15.4 Å². The van der Waals surface area contributed by atoms with E-state index >= 15 is 0 Å². The number of nitriles is 1. The van der Waals surface area contributed by atoms with Crippen LogP contribution in [0, 0.1) is 11.3 Å². The van der Waals surface area contributed by atoms with Crippen LogP contribution in [0.15, 0.2) is 24.3 Å². The van der Waals surface area contributed by atoms with Crippen molar-refractivity contribution in [3.05, 3.63) is 29.8 Å². The highest BCUT2D eigenvalue weighted by Crippen LogP contribution is 2.16.